The molecule has 0 atom stereocenters. The molecule has 7 rings (SSSR count). The van der Waals surface area contributed by atoms with Gasteiger partial charge in [0.05, 0.1) is 20.6 Å². The summed E-state index contributed by atoms with van der Waals surface area (Å²) in [6.07, 6.45) is 0. The van der Waals surface area contributed by atoms with Crippen molar-refractivity contribution in [1.29, 1.82) is 0 Å². The van der Waals surface area contributed by atoms with E-state index in [0.717, 1.165) is 5.19 Å². The first-order valence-electron chi connectivity index (χ1n) is 16.2. The Morgan fingerprint density at radius 1 is 0.513 bits per heavy atom. The minimum Gasteiger partial charge on any atom is -0.309 e. The molecule has 0 aliphatic carbocycles. The zero-order valence-corrected chi connectivity index (χ0v) is 23.4. The van der Waals surface area contributed by atoms with E-state index in [0.29, 0.717) is 5.69 Å². The molecule has 0 radical (unpaired) electrons. The maximum Gasteiger partial charge on any atom is 0.179 e. The third-order valence-electron chi connectivity index (χ3n) is 7.31. The van der Waals surface area contributed by atoms with E-state index in [2.05, 4.69) is 101 Å². The molecule has 0 saturated carbocycles. The van der Waals surface area contributed by atoms with Gasteiger partial charge in [-0.3, -0.25) is 0 Å². The average molecular weight is 588 g/mol. The number of fused-ring (bicyclic) bond motifs is 3. The highest BCUT2D eigenvalue weighted by molar-refractivity contribution is 9.10. The molecule has 3 heteroatoms. The molecule has 0 amide bonds. The molecule has 0 fully saturated rings. The molecule has 0 aliphatic rings. The van der Waals surface area contributed by atoms with Gasteiger partial charge < -0.3 is 4.57 Å². The van der Waals surface area contributed by atoms with Gasteiger partial charge in [0.2, 0.25) is 0 Å². The van der Waals surface area contributed by atoms with E-state index < -0.39 is 20.2 Å². The second-order valence-corrected chi connectivity index (χ2v) is 14.0. The van der Waals surface area contributed by atoms with E-state index in [-0.39, 0.29) is 56.5 Å². The van der Waals surface area contributed by atoms with E-state index in [9.17, 15) is 0 Å². The van der Waals surface area contributed by atoms with Gasteiger partial charge in [-0.15, -0.1) is 0 Å². The van der Waals surface area contributed by atoms with Crippen LogP contribution in [-0.4, -0.2) is 12.6 Å². The standard InChI is InChI=1S/C36H26BrNSi/c37-27-20-25-36-34(26-27)33-18-10-11-19-35(33)38(36)28-21-23-32(24-22-28)39(29-12-4-1-5-13-29,30-14-6-2-7-15-30)31-16-8-3-9-17-31/h1-26H/i10D,11D,18D,19D,20D,25D,26D. The van der Waals surface area contributed by atoms with Gasteiger partial charge in [0.1, 0.15) is 0 Å². The molecule has 1 heterocycles. The molecule has 0 spiro atoms. The highest BCUT2D eigenvalue weighted by atomic mass is 79.9. The monoisotopic (exact) mass is 586 g/mol. The Bertz CT molecular complexity index is 2100. The summed E-state index contributed by atoms with van der Waals surface area (Å²) in [4.78, 5) is 0. The van der Waals surface area contributed by atoms with Crippen molar-refractivity contribution in [3.8, 4) is 5.69 Å². The number of aromatic nitrogens is 1. The normalized spacial score (nSPS) is 14.2. The molecule has 0 unspecified atom stereocenters. The first-order valence-corrected chi connectivity index (χ1v) is 15.5. The highest BCUT2D eigenvalue weighted by Gasteiger charge is 2.41. The third kappa shape index (κ3) is 3.89. The topological polar surface area (TPSA) is 4.93 Å². The lowest BCUT2D eigenvalue weighted by Gasteiger charge is -2.34. The fourth-order valence-electron chi connectivity index (χ4n) is 5.67. The molecular weight excluding hydrogens is 554 g/mol. The number of hydrogen-bond donors (Lipinski definition) is 0. The van der Waals surface area contributed by atoms with Crippen LogP contribution in [0.5, 0.6) is 0 Å². The van der Waals surface area contributed by atoms with Gasteiger partial charge in [0, 0.05) is 20.9 Å². The maximum absolute atomic E-state index is 8.94. The maximum atomic E-state index is 8.94. The van der Waals surface area contributed by atoms with Crippen LogP contribution in [0.1, 0.15) is 9.60 Å². The van der Waals surface area contributed by atoms with Crippen molar-refractivity contribution in [2.75, 3.05) is 0 Å². The molecule has 0 aliphatic heterocycles. The lowest BCUT2D eigenvalue weighted by molar-refractivity contribution is 1.18. The summed E-state index contributed by atoms with van der Waals surface area (Å²) in [5, 5.41) is 5.11. The van der Waals surface area contributed by atoms with E-state index in [4.69, 9.17) is 9.60 Å². The lowest BCUT2D eigenvalue weighted by atomic mass is 10.2. The van der Waals surface area contributed by atoms with Crippen LogP contribution >= 0.6 is 15.9 Å². The summed E-state index contributed by atoms with van der Waals surface area (Å²) in [6.45, 7) is 0. The Hall–Kier alpha value is -4.18. The largest absolute Gasteiger partial charge is 0.309 e. The minimum atomic E-state index is -2.82. The van der Waals surface area contributed by atoms with Crippen LogP contribution in [0.15, 0.2) is 162 Å². The van der Waals surface area contributed by atoms with E-state index in [1.165, 1.54) is 15.6 Å². The average Bonchev–Trinajstić information content (AvgIpc) is 3.47. The van der Waals surface area contributed by atoms with Gasteiger partial charge in [0.25, 0.3) is 0 Å². The Morgan fingerprint density at radius 3 is 1.56 bits per heavy atom. The van der Waals surface area contributed by atoms with Gasteiger partial charge >= 0.3 is 0 Å². The van der Waals surface area contributed by atoms with Gasteiger partial charge in [-0.2, -0.15) is 0 Å². The number of para-hydroxylation sites is 1. The predicted molar refractivity (Wildman–Crippen MR) is 172 cm³/mol. The third-order valence-corrected chi connectivity index (χ3v) is 12.5. The second-order valence-electron chi connectivity index (χ2n) is 9.37. The van der Waals surface area contributed by atoms with Gasteiger partial charge in [-0.1, -0.05) is 137 Å². The minimum absolute atomic E-state index is 0.0925. The van der Waals surface area contributed by atoms with E-state index in [1.54, 1.807) is 4.57 Å². The summed E-state index contributed by atoms with van der Waals surface area (Å²) in [5.41, 5.74) is 0.942. The molecule has 39 heavy (non-hydrogen) atoms. The van der Waals surface area contributed by atoms with Crippen molar-refractivity contribution in [2.24, 2.45) is 0 Å². The van der Waals surface area contributed by atoms with Crippen LogP contribution in [0, 0.1) is 0 Å². The Balaban J connectivity index is 1.58. The van der Waals surface area contributed by atoms with Crippen molar-refractivity contribution in [1.82, 2.24) is 4.57 Å². The molecular formula is C36H26BrNSi. The Labute approximate surface area is 248 Å². The van der Waals surface area contributed by atoms with Crippen LogP contribution in [-0.2, 0) is 0 Å². The zero-order chi connectivity index (χ0) is 32.3. The first-order chi connectivity index (χ1) is 22.2. The molecule has 186 valence electrons. The van der Waals surface area contributed by atoms with Crippen LogP contribution < -0.4 is 20.7 Å². The Kier molecular flexibility index (Phi) is 4.40. The molecule has 7 aromatic rings. The SMILES string of the molecule is [2H]c1c([2H])c([2H])c2c(c1[2H])c1c([2H])c(Br)c([2H])c([2H])c1n2-c1ccc([Si](c2ccccc2)(c2ccccc2)c2ccccc2)cc1. The molecule has 6 aromatic carbocycles. The number of benzene rings is 6. The van der Waals surface area contributed by atoms with Crippen molar-refractivity contribution >= 4 is 66.6 Å². The van der Waals surface area contributed by atoms with Gasteiger partial charge in [-0.05, 0) is 57.0 Å². The van der Waals surface area contributed by atoms with Gasteiger partial charge in [-0.25, -0.2) is 0 Å². The molecule has 1 aromatic heterocycles. The van der Waals surface area contributed by atoms with Crippen molar-refractivity contribution in [2.45, 2.75) is 0 Å². The number of nitrogens with zero attached hydrogens (tertiary/aromatic N) is 1. The fraction of sp³-hybridized carbons (Fsp3) is 0. The van der Waals surface area contributed by atoms with E-state index in [1.807, 2.05) is 30.3 Å². The first kappa shape index (κ1) is 17.4. The smallest absolute Gasteiger partial charge is 0.179 e. The Morgan fingerprint density at radius 2 is 1.00 bits per heavy atom. The van der Waals surface area contributed by atoms with Crippen LogP contribution in [0.2, 0.25) is 0 Å². The van der Waals surface area contributed by atoms with Crippen molar-refractivity contribution in [3.05, 3.63) is 162 Å². The molecule has 1 nitrogen and oxygen atoms in total. The summed E-state index contributed by atoms with van der Waals surface area (Å²) >= 11 is 3.28. The summed E-state index contributed by atoms with van der Waals surface area (Å²) in [5.74, 6) is 0. The molecule has 0 N–H and O–H groups in total. The highest BCUT2D eigenvalue weighted by Crippen LogP contribution is 2.33. The van der Waals surface area contributed by atoms with Crippen LogP contribution in [0.25, 0.3) is 27.5 Å². The summed E-state index contributed by atoms with van der Waals surface area (Å²) in [6, 6.07) is 37.7. The van der Waals surface area contributed by atoms with Crippen molar-refractivity contribution < 1.29 is 9.60 Å². The van der Waals surface area contributed by atoms with E-state index >= 15 is 0 Å². The second kappa shape index (κ2) is 9.85. The van der Waals surface area contributed by atoms with Gasteiger partial charge in [0.15, 0.2) is 8.07 Å². The zero-order valence-electron chi connectivity index (χ0n) is 27.8. The summed E-state index contributed by atoms with van der Waals surface area (Å²) in [7, 11) is -2.82. The van der Waals surface area contributed by atoms with Crippen molar-refractivity contribution in [3.63, 3.8) is 0 Å². The fourth-order valence-corrected chi connectivity index (χ4v) is 10.7. The summed E-state index contributed by atoms with van der Waals surface area (Å²) < 4.78 is 62.6. The van der Waals surface area contributed by atoms with Crippen LogP contribution in [0.3, 0.4) is 0 Å². The molecule has 0 saturated heterocycles. The quantitative estimate of drug-likeness (QED) is 0.152. The number of halogens is 1. The predicted octanol–water partition coefficient (Wildman–Crippen LogP) is 6.92. The lowest BCUT2D eigenvalue weighted by Crippen LogP contribution is -2.74. The number of rotatable bonds is 5. The molecule has 0 bridgehead atoms. The van der Waals surface area contributed by atoms with Crippen LogP contribution in [0.4, 0.5) is 0 Å². The number of hydrogen-bond acceptors (Lipinski definition) is 0.